The molecule has 0 saturated carbocycles. The van der Waals surface area contributed by atoms with Crippen molar-refractivity contribution >= 4 is 27.3 Å². The summed E-state index contributed by atoms with van der Waals surface area (Å²) in [6.07, 6.45) is 3.01. The van der Waals surface area contributed by atoms with E-state index in [0.29, 0.717) is 12.3 Å². The maximum absolute atomic E-state index is 11.5. The molecule has 0 unspecified atom stereocenters. The van der Waals surface area contributed by atoms with Gasteiger partial charge in [-0.05, 0) is 67.9 Å². The van der Waals surface area contributed by atoms with Crippen molar-refractivity contribution in [2.24, 2.45) is 0 Å². The van der Waals surface area contributed by atoms with Crippen molar-refractivity contribution in [2.45, 2.75) is 12.8 Å². The van der Waals surface area contributed by atoms with Crippen LogP contribution in [0, 0.1) is 0 Å². The highest BCUT2D eigenvalue weighted by Gasteiger charge is 2.11. The molecular weight excluding hydrogens is 372 g/mol. The maximum Gasteiger partial charge on any atom is 0.231 e. The predicted molar refractivity (Wildman–Crippen MR) is 108 cm³/mol. The molecule has 0 heterocycles. The van der Waals surface area contributed by atoms with Crippen LogP contribution in [0.1, 0.15) is 12.0 Å². The number of ether oxygens (including phenoxy) is 1. The van der Waals surface area contributed by atoms with Crippen molar-refractivity contribution in [3.05, 3.63) is 59.1 Å². The second-order valence-corrected chi connectivity index (χ2v) is 8.51. The number of nitrogens with zero attached hydrogens (tertiary/aromatic N) is 1. The van der Waals surface area contributed by atoms with Gasteiger partial charge in [-0.3, -0.25) is 4.31 Å². The van der Waals surface area contributed by atoms with E-state index >= 15 is 0 Å². The fraction of sp³-hybridized carbons (Fsp3) is 0.368. The molecule has 0 aliphatic heterocycles. The van der Waals surface area contributed by atoms with Crippen molar-refractivity contribution < 1.29 is 13.2 Å². The zero-order valence-corrected chi connectivity index (χ0v) is 16.7. The fourth-order valence-corrected chi connectivity index (χ4v) is 3.10. The second-order valence-electron chi connectivity index (χ2n) is 6.06. The lowest BCUT2D eigenvalue weighted by Gasteiger charge is -2.16. The quantitative estimate of drug-likeness (QED) is 0.626. The molecule has 0 aliphatic carbocycles. The smallest absolute Gasteiger partial charge is 0.231 e. The van der Waals surface area contributed by atoms with Crippen LogP contribution in [0.5, 0.6) is 5.75 Å². The minimum Gasteiger partial charge on any atom is -0.494 e. The average molecular weight is 397 g/mol. The van der Waals surface area contributed by atoms with Crippen LogP contribution >= 0.6 is 11.6 Å². The van der Waals surface area contributed by atoms with Gasteiger partial charge in [-0.15, -0.1) is 0 Å². The number of benzene rings is 2. The highest BCUT2D eigenvalue weighted by molar-refractivity contribution is 7.92. The summed E-state index contributed by atoms with van der Waals surface area (Å²) in [7, 11) is -1.72. The normalized spacial score (nSPS) is 11.3. The summed E-state index contributed by atoms with van der Waals surface area (Å²) in [6.45, 7) is 2.37. The standard InChI is InChI=1S/C19H25ClN2O3S/c1-22(26(2,23)24)18-7-9-19(10-8-18)25-14-4-12-21-13-11-16-5-3-6-17(20)15-16/h3,5-10,15,21H,4,11-14H2,1-2H3. The van der Waals surface area contributed by atoms with Crippen molar-refractivity contribution in [3.63, 3.8) is 0 Å². The molecule has 2 aromatic carbocycles. The lowest BCUT2D eigenvalue weighted by molar-refractivity contribution is 0.308. The number of sulfonamides is 1. The molecule has 0 fully saturated rings. The summed E-state index contributed by atoms with van der Waals surface area (Å²) in [6, 6.07) is 14.9. The summed E-state index contributed by atoms with van der Waals surface area (Å²) in [5.41, 5.74) is 1.84. The Bertz CT molecular complexity index is 795. The Hall–Kier alpha value is -1.76. The molecule has 142 valence electrons. The van der Waals surface area contributed by atoms with Crippen LogP contribution in [0.15, 0.2) is 48.5 Å². The number of rotatable bonds is 10. The molecule has 0 atom stereocenters. The maximum atomic E-state index is 11.5. The van der Waals surface area contributed by atoms with Gasteiger partial charge in [0, 0.05) is 12.1 Å². The summed E-state index contributed by atoms with van der Waals surface area (Å²) in [5.74, 6) is 0.731. The summed E-state index contributed by atoms with van der Waals surface area (Å²) in [4.78, 5) is 0. The number of hydrogen-bond donors (Lipinski definition) is 1. The first-order chi connectivity index (χ1) is 12.4. The zero-order valence-electron chi connectivity index (χ0n) is 15.1. The first-order valence-corrected chi connectivity index (χ1v) is 10.7. The van der Waals surface area contributed by atoms with E-state index in [2.05, 4.69) is 11.4 Å². The molecule has 0 amide bonds. The van der Waals surface area contributed by atoms with Crippen LogP contribution in [0.25, 0.3) is 0 Å². The predicted octanol–water partition coefficient (Wildman–Crippen LogP) is 3.34. The Balaban J connectivity index is 1.62. The van der Waals surface area contributed by atoms with Crippen LogP contribution in [0.2, 0.25) is 5.02 Å². The van der Waals surface area contributed by atoms with Crippen molar-refractivity contribution in [2.75, 3.05) is 37.3 Å². The van der Waals surface area contributed by atoms with E-state index in [1.54, 1.807) is 24.3 Å². The third-order valence-electron chi connectivity index (χ3n) is 3.94. The second kappa shape index (κ2) is 9.80. The highest BCUT2D eigenvalue weighted by Crippen LogP contribution is 2.20. The van der Waals surface area contributed by atoms with Crippen LogP contribution in [0.4, 0.5) is 5.69 Å². The Labute approximate surface area is 161 Å². The molecule has 1 N–H and O–H groups in total. The largest absolute Gasteiger partial charge is 0.494 e. The molecule has 2 rings (SSSR count). The summed E-state index contributed by atoms with van der Waals surface area (Å²) < 4.78 is 29.9. The van der Waals surface area contributed by atoms with Crippen LogP contribution in [0.3, 0.4) is 0 Å². The Kier molecular flexibility index (Phi) is 7.75. The molecule has 0 saturated heterocycles. The zero-order chi connectivity index (χ0) is 19.0. The van der Waals surface area contributed by atoms with Gasteiger partial charge in [-0.1, -0.05) is 23.7 Å². The van der Waals surface area contributed by atoms with E-state index < -0.39 is 10.0 Å². The van der Waals surface area contributed by atoms with E-state index in [1.165, 1.54) is 23.2 Å². The van der Waals surface area contributed by atoms with Crippen molar-refractivity contribution in [1.82, 2.24) is 5.32 Å². The molecule has 0 aromatic heterocycles. The van der Waals surface area contributed by atoms with E-state index in [4.69, 9.17) is 16.3 Å². The van der Waals surface area contributed by atoms with Gasteiger partial charge >= 0.3 is 0 Å². The SMILES string of the molecule is CN(c1ccc(OCCCNCCc2cccc(Cl)c2)cc1)S(C)(=O)=O. The molecule has 0 bridgehead atoms. The van der Waals surface area contributed by atoms with Crippen LogP contribution < -0.4 is 14.4 Å². The van der Waals surface area contributed by atoms with E-state index in [9.17, 15) is 8.42 Å². The number of nitrogens with one attached hydrogen (secondary N) is 1. The van der Waals surface area contributed by atoms with E-state index in [1.807, 2.05) is 18.2 Å². The molecular formula is C19H25ClN2O3S. The van der Waals surface area contributed by atoms with Gasteiger partial charge in [0.05, 0.1) is 18.6 Å². The van der Waals surface area contributed by atoms with Gasteiger partial charge in [0.1, 0.15) is 5.75 Å². The Morgan fingerprint density at radius 1 is 1.12 bits per heavy atom. The monoisotopic (exact) mass is 396 g/mol. The first-order valence-electron chi connectivity index (χ1n) is 8.48. The minimum absolute atomic E-state index is 0.603. The third-order valence-corrected chi connectivity index (χ3v) is 5.38. The van der Waals surface area contributed by atoms with E-state index in [0.717, 1.165) is 36.7 Å². The molecule has 0 spiro atoms. The van der Waals surface area contributed by atoms with Crippen LogP contribution in [-0.2, 0) is 16.4 Å². The number of halogens is 1. The highest BCUT2D eigenvalue weighted by atomic mass is 35.5. The Morgan fingerprint density at radius 2 is 1.85 bits per heavy atom. The lowest BCUT2D eigenvalue weighted by Crippen LogP contribution is -2.24. The number of hydrogen-bond acceptors (Lipinski definition) is 4. The number of anilines is 1. The molecule has 0 aliphatic rings. The third kappa shape index (κ3) is 6.86. The molecule has 7 heteroatoms. The first kappa shape index (κ1) is 20.6. The van der Waals surface area contributed by atoms with Crippen LogP contribution in [-0.4, -0.2) is 41.4 Å². The Morgan fingerprint density at radius 3 is 2.50 bits per heavy atom. The van der Waals surface area contributed by atoms with E-state index in [-0.39, 0.29) is 0 Å². The molecule has 26 heavy (non-hydrogen) atoms. The molecule has 0 radical (unpaired) electrons. The minimum atomic E-state index is -3.24. The van der Waals surface area contributed by atoms with Gasteiger partial charge in [0.2, 0.25) is 10.0 Å². The lowest BCUT2D eigenvalue weighted by atomic mass is 10.1. The molecule has 2 aromatic rings. The molecule has 5 nitrogen and oxygen atoms in total. The summed E-state index contributed by atoms with van der Waals surface area (Å²) in [5, 5.41) is 4.15. The van der Waals surface area contributed by atoms with Gasteiger partial charge in [0.15, 0.2) is 0 Å². The summed E-state index contributed by atoms with van der Waals surface area (Å²) >= 11 is 5.96. The van der Waals surface area contributed by atoms with Crippen molar-refractivity contribution in [3.8, 4) is 5.75 Å². The topological polar surface area (TPSA) is 58.6 Å². The van der Waals surface area contributed by atoms with Gasteiger partial charge in [0.25, 0.3) is 0 Å². The van der Waals surface area contributed by atoms with Gasteiger partial charge < -0.3 is 10.1 Å². The average Bonchev–Trinajstić information content (AvgIpc) is 2.60. The fourth-order valence-electron chi connectivity index (χ4n) is 2.38. The van der Waals surface area contributed by atoms with Crippen molar-refractivity contribution in [1.29, 1.82) is 0 Å². The van der Waals surface area contributed by atoms with Gasteiger partial charge in [-0.25, -0.2) is 8.42 Å². The van der Waals surface area contributed by atoms with Gasteiger partial charge in [-0.2, -0.15) is 0 Å².